The fourth-order valence-corrected chi connectivity index (χ4v) is 2.58. The number of carbonyl (C=O) groups excluding carboxylic acids is 1. The lowest BCUT2D eigenvalue weighted by Crippen LogP contribution is -2.12. The number of hydrogen-bond donors (Lipinski definition) is 0. The lowest BCUT2D eigenvalue weighted by atomic mass is 10.1. The highest BCUT2D eigenvalue weighted by molar-refractivity contribution is 9.10. The summed E-state index contributed by atoms with van der Waals surface area (Å²) in [4.78, 5) is 12.1. The highest BCUT2D eigenvalue weighted by atomic mass is 79.9. The molecular formula is C16H14BrClO2. The maximum Gasteiger partial charge on any atom is 0.201 e. The van der Waals surface area contributed by atoms with Crippen LogP contribution in [-0.4, -0.2) is 12.4 Å². The zero-order valence-electron chi connectivity index (χ0n) is 11.0. The second kappa shape index (κ2) is 6.91. The van der Waals surface area contributed by atoms with Crippen molar-refractivity contribution in [3.8, 4) is 5.75 Å². The van der Waals surface area contributed by atoms with Gasteiger partial charge in [-0.2, -0.15) is 0 Å². The van der Waals surface area contributed by atoms with Crippen LogP contribution in [0.1, 0.15) is 22.8 Å². The van der Waals surface area contributed by atoms with Crippen LogP contribution in [0.25, 0.3) is 0 Å². The van der Waals surface area contributed by atoms with Gasteiger partial charge in [0.25, 0.3) is 0 Å². The molecule has 0 spiro atoms. The van der Waals surface area contributed by atoms with Crippen molar-refractivity contribution in [1.29, 1.82) is 0 Å². The number of Topliss-reactive ketones (excluding diaryl/α,β-unsaturated/α-hetero) is 1. The summed E-state index contributed by atoms with van der Waals surface area (Å²) in [6.07, 6.45) is 0.828. The number of rotatable bonds is 5. The van der Waals surface area contributed by atoms with Gasteiger partial charge in [-0.3, -0.25) is 4.79 Å². The van der Waals surface area contributed by atoms with Gasteiger partial charge in [0.2, 0.25) is 5.78 Å². The molecule has 0 aliphatic heterocycles. The van der Waals surface area contributed by atoms with E-state index in [9.17, 15) is 4.79 Å². The third-order valence-corrected chi connectivity index (χ3v) is 4.00. The van der Waals surface area contributed by atoms with Crippen molar-refractivity contribution in [3.05, 3.63) is 63.1 Å². The molecule has 0 unspecified atom stereocenters. The second-order valence-corrected chi connectivity index (χ2v) is 5.56. The predicted molar refractivity (Wildman–Crippen MR) is 84.8 cm³/mol. The van der Waals surface area contributed by atoms with E-state index >= 15 is 0 Å². The lowest BCUT2D eigenvalue weighted by molar-refractivity contribution is 0.0920. The number of aryl methyl sites for hydroxylation is 1. The molecular weight excluding hydrogens is 340 g/mol. The highest BCUT2D eigenvalue weighted by Gasteiger charge is 2.10. The Morgan fingerprint density at radius 3 is 2.70 bits per heavy atom. The Bertz CT molecular complexity index is 626. The van der Waals surface area contributed by atoms with Crippen molar-refractivity contribution in [3.63, 3.8) is 0 Å². The van der Waals surface area contributed by atoms with Gasteiger partial charge in [-0.05, 0) is 36.2 Å². The number of ether oxygens (including phenoxy) is 1. The molecule has 0 heterocycles. The summed E-state index contributed by atoms with van der Waals surface area (Å²) < 4.78 is 6.32. The van der Waals surface area contributed by atoms with Crippen molar-refractivity contribution >= 4 is 33.3 Å². The van der Waals surface area contributed by atoms with Gasteiger partial charge >= 0.3 is 0 Å². The van der Waals surface area contributed by atoms with Crippen LogP contribution in [0.15, 0.2) is 46.9 Å². The first-order chi connectivity index (χ1) is 9.61. The van der Waals surface area contributed by atoms with E-state index in [1.165, 1.54) is 0 Å². The molecule has 0 aliphatic carbocycles. The van der Waals surface area contributed by atoms with Gasteiger partial charge in [0.15, 0.2) is 6.61 Å². The Hall–Kier alpha value is -1.32. The highest BCUT2D eigenvalue weighted by Crippen LogP contribution is 2.23. The van der Waals surface area contributed by atoms with Crippen LogP contribution in [0.5, 0.6) is 5.75 Å². The molecule has 0 atom stereocenters. The number of carbonyl (C=O) groups is 1. The smallest absolute Gasteiger partial charge is 0.201 e. The molecule has 0 N–H and O–H groups in total. The third kappa shape index (κ3) is 3.62. The van der Waals surface area contributed by atoms with Crippen molar-refractivity contribution in [2.24, 2.45) is 0 Å². The average Bonchev–Trinajstić information content (AvgIpc) is 2.46. The standard InChI is InChI=1S/C16H14BrClO2/c1-2-11-9-12(7-8-15(11)18)20-10-16(19)13-5-3-4-6-14(13)17/h3-9H,2,10H2,1H3. The van der Waals surface area contributed by atoms with Gasteiger partial charge in [-0.25, -0.2) is 0 Å². The zero-order chi connectivity index (χ0) is 14.5. The van der Waals surface area contributed by atoms with Crippen LogP contribution in [-0.2, 0) is 6.42 Å². The maximum absolute atomic E-state index is 12.1. The van der Waals surface area contributed by atoms with E-state index < -0.39 is 0 Å². The summed E-state index contributed by atoms with van der Waals surface area (Å²) in [5, 5.41) is 0.719. The van der Waals surface area contributed by atoms with E-state index in [1.807, 2.05) is 31.2 Å². The van der Waals surface area contributed by atoms with Crippen LogP contribution in [0.4, 0.5) is 0 Å². The van der Waals surface area contributed by atoms with Gasteiger partial charge in [0.1, 0.15) is 5.75 Å². The van der Waals surface area contributed by atoms with E-state index in [1.54, 1.807) is 18.2 Å². The van der Waals surface area contributed by atoms with E-state index in [2.05, 4.69) is 15.9 Å². The van der Waals surface area contributed by atoms with E-state index in [0.717, 1.165) is 21.5 Å². The summed E-state index contributed by atoms with van der Waals surface area (Å²) in [5.74, 6) is 0.595. The van der Waals surface area contributed by atoms with E-state index in [-0.39, 0.29) is 12.4 Å². The monoisotopic (exact) mass is 352 g/mol. The van der Waals surface area contributed by atoms with Crippen LogP contribution in [0.3, 0.4) is 0 Å². The van der Waals surface area contributed by atoms with Crippen molar-refractivity contribution in [2.45, 2.75) is 13.3 Å². The van der Waals surface area contributed by atoms with Gasteiger partial charge in [0.05, 0.1) is 0 Å². The molecule has 2 rings (SSSR count). The second-order valence-electron chi connectivity index (χ2n) is 4.30. The molecule has 0 amide bonds. The molecule has 0 saturated heterocycles. The summed E-state index contributed by atoms with van der Waals surface area (Å²) in [5.41, 5.74) is 1.63. The Kier molecular flexibility index (Phi) is 5.21. The predicted octanol–water partition coefficient (Wildman–Crippen LogP) is 4.93. The first-order valence-electron chi connectivity index (χ1n) is 6.30. The van der Waals surface area contributed by atoms with Crippen LogP contribution in [0, 0.1) is 0 Å². The SMILES string of the molecule is CCc1cc(OCC(=O)c2ccccc2Br)ccc1Cl. The van der Waals surface area contributed by atoms with Gasteiger partial charge in [-0.15, -0.1) is 0 Å². The summed E-state index contributed by atoms with van der Waals surface area (Å²) in [7, 11) is 0. The molecule has 20 heavy (non-hydrogen) atoms. The van der Waals surface area contributed by atoms with Gasteiger partial charge in [-0.1, -0.05) is 52.7 Å². The number of halogens is 2. The minimum atomic E-state index is -0.0644. The molecule has 0 aromatic heterocycles. The minimum absolute atomic E-state index is 0.00734. The molecule has 2 aromatic rings. The van der Waals surface area contributed by atoms with Crippen LogP contribution < -0.4 is 4.74 Å². The van der Waals surface area contributed by atoms with E-state index in [4.69, 9.17) is 16.3 Å². The summed E-state index contributed by atoms with van der Waals surface area (Å²) >= 11 is 9.41. The normalized spacial score (nSPS) is 10.3. The fraction of sp³-hybridized carbons (Fsp3) is 0.188. The molecule has 0 aliphatic rings. The number of benzene rings is 2. The minimum Gasteiger partial charge on any atom is -0.485 e. The number of ketones is 1. The molecule has 4 heteroatoms. The first kappa shape index (κ1) is 15.1. The summed E-state index contributed by atoms with van der Waals surface area (Å²) in [6.45, 7) is 2.03. The molecule has 0 fully saturated rings. The number of hydrogen-bond acceptors (Lipinski definition) is 2. The molecule has 2 aromatic carbocycles. The van der Waals surface area contributed by atoms with Crippen molar-refractivity contribution in [2.75, 3.05) is 6.61 Å². The Morgan fingerprint density at radius 1 is 1.25 bits per heavy atom. The van der Waals surface area contributed by atoms with Crippen LogP contribution in [0.2, 0.25) is 5.02 Å². The lowest BCUT2D eigenvalue weighted by Gasteiger charge is -2.09. The zero-order valence-corrected chi connectivity index (χ0v) is 13.4. The quantitative estimate of drug-likeness (QED) is 0.713. The summed E-state index contributed by atoms with van der Waals surface area (Å²) in [6, 6.07) is 12.7. The molecule has 2 nitrogen and oxygen atoms in total. The topological polar surface area (TPSA) is 26.3 Å². The van der Waals surface area contributed by atoms with Gasteiger partial charge < -0.3 is 4.74 Å². The van der Waals surface area contributed by atoms with Gasteiger partial charge in [0, 0.05) is 15.1 Å². The Labute approximate surface area is 131 Å². The van der Waals surface area contributed by atoms with E-state index in [0.29, 0.717) is 11.3 Å². The largest absolute Gasteiger partial charge is 0.485 e. The first-order valence-corrected chi connectivity index (χ1v) is 7.48. The third-order valence-electron chi connectivity index (χ3n) is 2.94. The van der Waals surface area contributed by atoms with Crippen molar-refractivity contribution < 1.29 is 9.53 Å². The molecule has 0 bridgehead atoms. The Balaban J connectivity index is 2.06. The average molecular weight is 354 g/mol. The fourth-order valence-electron chi connectivity index (χ4n) is 1.83. The maximum atomic E-state index is 12.1. The van der Waals surface area contributed by atoms with Crippen LogP contribution >= 0.6 is 27.5 Å². The molecule has 0 saturated carbocycles. The molecule has 0 radical (unpaired) electrons. The van der Waals surface area contributed by atoms with Crippen molar-refractivity contribution in [1.82, 2.24) is 0 Å². The molecule has 104 valence electrons. The Morgan fingerprint density at radius 2 is 2.00 bits per heavy atom.